The lowest BCUT2D eigenvalue weighted by molar-refractivity contribution is 0.147. The van der Waals surface area contributed by atoms with Gasteiger partial charge in [-0.2, -0.15) is 0 Å². The first kappa shape index (κ1) is 15.8. The van der Waals surface area contributed by atoms with Gasteiger partial charge in [0.25, 0.3) is 0 Å². The quantitative estimate of drug-likeness (QED) is 0.825. The molecule has 0 fully saturated rings. The first-order chi connectivity index (χ1) is 9.54. The Labute approximate surface area is 136 Å². The summed E-state index contributed by atoms with van der Waals surface area (Å²) in [5.41, 5.74) is 7.36. The van der Waals surface area contributed by atoms with Crippen molar-refractivity contribution in [3.05, 3.63) is 68.1 Å². The van der Waals surface area contributed by atoms with E-state index < -0.39 is 6.10 Å². The normalized spacial score (nSPS) is 14.1. The number of benzene rings is 2. The minimum atomic E-state index is -0.784. The SMILES string of the molecule is NCC(c1ccccc1Cl)C(O)c1cc(Cl)ccc1Br. The van der Waals surface area contributed by atoms with Gasteiger partial charge in [0.2, 0.25) is 0 Å². The van der Waals surface area contributed by atoms with Crippen LogP contribution in [0.4, 0.5) is 0 Å². The van der Waals surface area contributed by atoms with E-state index in [9.17, 15) is 5.11 Å². The highest BCUT2D eigenvalue weighted by Gasteiger charge is 2.25. The van der Waals surface area contributed by atoms with Crippen molar-refractivity contribution in [3.63, 3.8) is 0 Å². The summed E-state index contributed by atoms with van der Waals surface area (Å²) < 4.78 is 0.792. The van der Waals surface area contributed by atoms with Gasteiger partial charge in [-0.1, -0.05) is 57.3 Å². The van der Waals surface area contributed by atoms with Gasteiger partial charge in [0.15, 0.2) is 0 Å². The molecule has 0 spiro atoms. The summed E-state index contributed by atoms with van der Waals surface area (Å²) in [6, 6.07) is 12.7. The van der Waals surface area contributed by atoms with Gasteiger partial charge in [-0.15, -0.1) is 0 Å². The lowest BCUT2D eigenvalue weighted by Crippen LogP contribution is -2.20. The number of aliphatic hydroxyl groups is 1. The second kappa shape index (κ2) is 6.92. The van der Waals surface area contributed by atoms with Crippen LogP contribution in [0.3, 0.4) is 0 Å². The average molecular weight is 375 g/mol. The smallest absolute Gasteiger partial charge is 0.0882 e. The van der Waals surface area contributed by atoms with Crippen molar-refractivity contribution in [1.82, 2.24) is 0 Å². The maximum atomic E-state index is 10.6. The lowest BCUT2D eigenvalue weighted by Gasteiger charge is -2.24. The van der Waals surface area contributed by atoms with Crippen LogP contribution in [0.5, 0.6) is 0 Å². The van der Waals surface area contributed by atoms with Crippen molar-refractivity contribution in [2.24, 2.45) is 5.73 Å². The molecule has 0 saturated carbocycles. The Hall–Kier alpha value is -0.580. The summed E-state index contributed by atoms with van der Waals surface area (Å²) in [7, 11) is 0. The van der Waals surface area contributed by atoms with Crippen LogP contribution < -0.4 is 5.73 Å². The Kier molecular flexibility index (Phi) is 5.47. The van der Waals surface area contributed by atoms with E-state index in [1.807, 2.05) is 18.2 Å². The third kappa shape index (κ3) is 3.35. The minimum absolute atomic E-state index is 0.282. The Bertz CT molecular complexity index is 606. The summed E-state index contributed by atoms with van der Waals surface area (Å²) in [4.78, 5) is 0. The van der Waals surface area contributed by atoms with Crippen molar-refractivity contribution < 1.29 is 5.11 Å². The average Bonchev–Trinajstić information content (AvgIpc) is 2.44. The number of aliphatic hydroxyl groups excluding tert-OH is 1. The molecule has 0 heterocycles. The van der Waals surface area contributed by atoms with Gasteiger partial charge in [0, 0.05) is 27.0 Å². The molecule has 0 aliphatic heterocycles. The van der Waals surface area contributed by atoms with Gasteiger partial charge >= 0.3 is 0 Å². The van der Waals surface area contributed by atoms with Crippen LogP contribution in [0, 0.1) is 0 Å². The highest BCUT2D eigenvalue weighted by Crippen LogP contribution is 2.37. The molecule has 0 aromatic heterocycles. The van der Waals surface area contributed by atoms with Gasteiger partial charge < -0.3 is 10.8 Å². The van der Waals surface area contributed by atoms with Crippen LogP contribution in [-0.2, 0) is 0 Å². The van der Waals surface area contributed by atoms with Crippen molar-refractivity contribution in [1.29, 1.82) is 0 Å². The summed E-state index contributed by atoms with van der Waals surface area (Å²) >= 11 is 15.6. The molecule has 0 radical (unpaired) electrons. The van der Waals surface area contributed by atoms with E-state index in [1.165, 1.54) is 0 Å². The Balaban J connectivity index is 2.41. The fourth-order valence-corrected chi connectivity index (χ4v) is 3.10. The predicted octanol–water partition coefficient (Wildman–Crippen LogP) is 4.53. The number of hydrogen-bond acceptors (Lipinski definition) is 2. The molecule has 20 heavy (non-hydrogen) atoms. The molecule has 3 N–H and O–H groups in total. The van der Waals surface area contributed by atoms with Gasteiger partial charge in [0.05, 0.1) is 6.10 Å². The van der Waals surface area contributed by atoms with E-state index in [4.69, 9.17) is 28.9 Å². The number of rotatable bonds is 4. The van der Waals surface area contributed by atoms with Crippen LogP contribution >= 0.6 is 39.1 Å². The zero-order chi connectivity index (χ0) is 14.7. The molecule has 0 bridgehead atoms. The molecule has 0 saturated heterocycles. The standard InChI is InChI=1S/C15H14BrCl2NO/c16-13-6-5-9(17)7-11(13)15(20)12(8-19)10-3-1-2-4-14(10)18/h1-7,12,15,20H,8,19H2. The Morgan fingerprint density at radius 3 is 2.45 bits per heavy atom. The number of halogens is 3. The topological polar surface area (TPSA) is 46.2 Å². The van der Waals surface area contributed by atoms with Crippen molar-refractivity contribution in [2.75, 3.05) is 6.54 Å². The van der Waals surface area contributed by atoms with E-state index >= 15 is 0 Å². The van der Waals surface area contributed by atoms with Crippen molar-refractivity contribution >= 4 is 39.1 Å². The van der Waals surface area contributed by atoms with E-state index in [-0.39, 0.29) is 12.5 Å². The molecular formula is C15H14BrCl2NO. The molecule has 2 unspecified atom stereocenters. The Morgan fingerprint density at radius 1 is 1.10 bits per heavy atom. The number of nitrogens with two attached hydrogens (primary N) is 1. The molecule has 2 aromatic rings. The van der Waals surface area contributed by atoms with E-state index in [2.05, 4.69) is 15.9 Å². The van der Waals surface area contributed by atoms with Gasteiger partial charge in [-0.3, -0.25) is 0 Å². The fraction of sp³-hybridized carbons (Fsp3) is 0.200. The highest BCUT2D eigenvalue weighted by molar-refractivity contribution is 9.10. The van der Waals surface area contributed by atoms with Crippen LogP contribution in [0.1, 0.15) is 23.1 Å². The molecule has 2 atom stereocenters. The van der Waals surface area contributed by atoms with Crippen molar-refractivity contribution in [3.8, 4) is 0 Å². The molecule has 2 rings (SSSR count). The lowest BCUT2D eigenvalue weighted by atomic mass is 9.89. The third-order valence-corrected chi connectivity index (χ3v) is 4.52. The van der Waals surface area contributed by atoms with E-state index in [1.54, 1.807) is 24.3 Å². The van der Waals surface area contributed by atoms with E-state index in [0.29, 0.717) is 15.6 Å². The summed E-state index contributed by atoms with van der Waals surface area (Å²) in [6.45, 7) is 0.282. The Morgan fingerprint density at radius 2 is 1.80 bits per heavy atom. The molecule has 0 aliphatic carbocycles. The zero-order valence-corrected chi connectivity index (χ0v) is 13.7. The van der Waals surface area contributed by atoms with Crippen LogP contribution in [-0.4, -0.2) is 11.7 Å². The highest BCUT2D eigenvalue weighted by atomic mass is 79.9. The van der Waals surface area contributed by atoms with Crippen LogP contribution in [0.25, 0.3) is 0 Å². The fourth-order valence-electron chi connectivity index (χ4n) is 2.16. The maximum Gasteiger partial charge on any atom is 0.0882 e. The van der Waals surface area contributed by atoms with Crippen molar-refractivity contribution in [2.45, 2.75) is 12.0 Å². The molecule has 0 amide bonds. The summed E-state index contributed by atoms with van der Waals surface area (Å²) in [6.07, 6.45) is -0.784. The van der Waals surface area contributed by atoms with Crippen LogP contribution in [0.2, 0.25) is 10.0 Å². The predicted molar refractivity (Wildman–Crippen MR) is 87.4 cm³/mol. The molecule has 0 aliphatic rings. The molecular weight excluding hydrogens is 361 g/mol. The molecule has 5 heteroatoms. The summed E-state index contributed by atoms with van der Waals surface area (Å²) in [5.74, 6) is -0.293. The second-order valence-electron chi connectivity index (χ2n) is 4.47. The monoisotopic (exact) mass is 373 g/mol. The minimum Gasteiger partial charge on any atom is -0.388 e. The molecule has 106 valence electrons. The first-order valence-electron chi connectivity index (χ1n) is 6.12. The zero-order valence-electron chi connectivity index (χ0n) is 10.6. The largest absolute Gasteiger partial charge is 0.388 e. The third-order valence-electron chi connectivity index (χ3n) is 3.22. The molecule has 2 aromatic carbocycles. The van der Waals surface area contributed by atoms with Gasteiger partial charge in [-0.05, 0) is 35.4 Å². The van der Waals surface area contributed by atoms with Crippen LogP contribution in [0.15, 0.2) is 46.9 Å². The number of hydrogen-bond donors (Lipinski definition) is 2. The molecule has 2 nitrogen and oxygen atoms in total. The summed E-state index contributed by atoms with van der Waals surface area (Å²) in [5, 5.41) is 11.8. The second-order valence-corrected chi connectivity index (χ2v) is 6.17. The first-order valence-corrected chi connectivity index (χ1v) is 7.67. The maximum absolute atomic E-state index is 10.6. The van der Waals surface area contributed by atoms with Gasteiger partial charge in [0.1, 0.15) is 0 Å². The van der Waals surface area contributed by atoms with E-state index in [0.717, 1.165) is 10.0 Å². The van der Waals surface area contributed by atoms with Gasteiger partial charge in [-0.25, -0.2) is 0 Å².